The largest absolute Gasteiger partial charge is 0.453 e. The number of benzene rings is 3. The molecule has 4 rings (SSSR count). The van der Waals surface area contributed by atoms with E-state index < -0.39 is 29.1 Å². The third-order valence-electron chi connectivity index (χ3n) is 5.58. The summed E-state index contributed by atoms with van der Waals surface area (Å²) in [7, 11) is 0. The third kappa shape index (κ3) is 5.06. The molecule has 0 spiro atoms. The summed E-state index contributed by atoms with van der Waals surface area (Å²) in [5, 5.41) is -0.149. The molecule has 0 aliphatic heterocycles. The molecular weight excluding hydrogens is 461 g/mol. The number of fused-ring (bicyclic) bond motifs is 1. The molecule has 0 unspecified atom stereocenters. The summed E-state index contributed by atoms with van der Waals surface area (Å²) in [6.45, 7) is 5.67. The van der Waals surface area contributed by atoms with Gasteiger partial charge in [0.25, 0.3) is 5.76 Å². The average Bonchev–Trinajstić information content (AvgIpc) is 2.82. The monoisotopic (exact) mass is 482 g/mol. The summed E-state index contributed by atoms with van der Waals surface area (Å²) in [5.74, 6) is -3.23. The normalized spacial score (nSPS) is 11.5. The first-order chi connectivity index (χ1) is 16.6. The van der Waals surface area contributed by atoms with Crippen LogP contribution in [0.4, 0.5) is 13.2 Å². The minimum atomic E-state index is -5.00. The number of halogens is 3. The molecule has 0 N–H and O–H groups in total. The van der Waals surface area contributed by atoms with E-state index in [9.17, 15) is 22.8 Å². The highest BCUT2D eigenvalue weighted by atomic mass is 19.4. The lowest BCUT2D eigenvalue weighted by Crippen LogP contribution is -2.15. The molecule has 1 heterocycles. The smallest absolute Gasteiger partial charge is 0.449 e. The fourth-order valence-corrected chi connectivity index (χ4v) is 3.44. The van der Waals surface area contributed by atoms with Crippen LogP contribution in [0.25, 0.3) is 11.0 Å². The van der Waals surface area contributed by atoms with Gasteiger partial charge in [-0.1, -0.05) is 25.1 Å². The fraction of sp³-hybridized carbons (Fsp3) is 0.185. The van der Waals surface area contributed by atoms with Crippen molar-refractivity contribution < 1.29 is 31.9 Å². The summed E-state index contributed by atoms with van der Waals surface area (Å²) in [5.41, 5.74) is 1.74. The molecule has 0 amide bonds. The Morgan fingerprint density at radius 2 is 1.60 bits per heavy atom. The molecule has 0 radical (unpaired) electrons. The van der Waals surface area contributed by atoms with Crippen LogP contribution >= 0.6 is 0 Å². The highest BCUT2D eigenvalue weighted by Crippen LogP contribution is 2.38. The molecule has 0 aliphatic rings. The molecule has 4 aromatic rings. The van der Waals surface area contributed by atoms with Crippen LogP contribution in [0.15, 0.2) is 69.9 Å². The summed E-state index contributed by atoms with van der Waals surface area (Å²) >= 11 is 0. The molecule has 0 aliphatic carbocycles. The summed E-state index contributed by atoms with van der Waals surface area (Å²) in [6, 6.07) is 15.0. The molecule has 3 aromatic carbocycles. The Labute approximate surface area is 198 Å². The highest BCUT2D eigenvalue weighted by Gasteiger charge is 2.40. The number of aryl methyl sites for hydroxylation is 3. The summed E-state index contributed by atoms with van der Waals surface area (Å²) < 4.78 is 57.1. The summed E-state index contributed by atoms with van der Waals surface area (Å²) in [4.78, 5) is 25.5. The molecule has 180 valence electrons. The first-order valence-electron chi connectivity index (χ1n) is 10.8. The van der Waals surface area contributed by atoms with Gasteiger partial charge in [0.05, 0.1) is 10.9 Å². The lowest BCUT2D eigenvalue weighted by molar-refractivity contribution is -0.154. The predicted molar refractivity (Wildman–Crippen MR) is 124 cm³/mol. The fourth-order valence-electron chi connectivity index (χ4n) is 3.44. The van der Waals surface area contributed by atoms with Crippen LogP contribution in [0, 0.1) is 13.8 Å². The second kappa shape index (κ2) is 9.29. The van der Waals surface area contributed by atoms with E-state index in [4.69, 9.17) is 13.9 Å². The maximum Gasteiger partial charge on any atom is 0.453 e. The van der Waals surface area contributed by atoms with Crippen LogP contribution in [0.3, 0.4) is 0 Å². The second-order valence-corrected chi connectivity index (χ2v) is 8.03. The number of esters is 1. The number of alkyl halides is 3. The molecule has 8 heteroatoms. The van der Waals surface area contributed by atoms with Gasteiger partial charge in [-0.05, 0) is 73.4 Å². The topological polar surface area (TPSA) is 65.7 Å². The molecule has 0 atom stereocenters. The van der Waals surface area contributed by atoms with Crippen molar-refractivity contribution in [3.63, 3.8) is 0 Å². The number of hydrogen-bond donors (Lipinski definition) is 0. The first kappa shape index (κ1) is 24.1. The van der Waals surface area contributed by atoms with Crippen molar-refractivity contribution in [2.75, 3.05) is 0 Å². The Balaban J connectivity index is 1.72. The van der Waals surface area contributed by atoms with Crippen molar-refractivity contribution >= 4 is 16.9 Å². The van der Waals surface area contributed by atoms with Gasteiger partial charge in [-0.25, -0.2) is 4.79 Å². The SMILES string of the molecule is CCc1ccc(Oc2c(C(F)(F)F)oc3cc(OC(=O)c4ccc(C)c(C)c4)ccc3c2=O)cc1. The van der Waals surface area contributed by atoms with Crippen molar-refractivity contribution in [3.8, 4) is 17.2 Å². The number of rotatable bonds is 5. The second-order valence-electron chi connectivity index (χ2n) is 8.03. The first-order valence-corrected chi connectivity index (χ1v) is 10.8. The number of ether oxygens (including phenoxy) is 2. The Hall–Kier alpha value is -4.07. The number of carbonyl (C=O) groups is 1. The van der Waals surface area contributed by atoms with Gasteiger partial charge in [0.2, 0.25) is 11.2 Å². The van der Waals surface area contributed by atoms with E-state index in [0.29, 0.717) is 0 Å². The molecule has 1 aromatic heterocycles. The maximum atomic E-state index is 13.8. The van der Waals surface area contributed by atoms with Gasteiger partial charge in [-0.3, -0.25) is 4.79 Å². The van der Waals surface area contributed by atoms with Gasteiger partial charge in [0, 0.05) is 6.07 Å². The van der Waals surface area contributed by atoms with Crippen molar-refractivity contribution in [2.24, 2.45) is 0 Å². The third-order valence-corrected chi connectivity index (χ3v) is 5.58. The molecule has 0 fully saturated rings. The zero-order valence-electron chi connectivity index (χ0n) is 19.2. The van der Waals surface area contributed by atoms with Gasteiger partial charge < -0.3 is 13.9 Å². The lowest BCUT2D eigenvalue weighted by Gasteiger charge is -2.14. The van der Waals surface area contributed by atoms with E-state index >= 15 is 0 Å². The van der Waals surface area contributed by atoms with Crippen LogP contribution < -0.4 is 14.9 Å². The maximum absolute atomic E-state index is 13.8. The van der Waals surface area contributed by atoms with Gasteiger partial charge in [-0.15, -0.1) is 0 Å². The Kier molecular flexibility index (Phi) is 6.39. The molecule has 35 heavy (non-hydrogen) atoms. The minimum absolute atomic E-state index is 0.0679. The van der Waals surface area contributed by atoms with Crippen LogP contribution in [0.1, 0.15) is 39.7 Å². The Bertz CT molecular complexity index is 1470. The highest BCUT2D eigenvalue weighted by molar-refractivity contribution is 5.92. The summed E-state index contributed by atoms with van der Waals surface area (Å²) in [6.07, 6.45) is -4.26. The Morgan fingerprint density at radius 3 is 2.23 bits per heavy atom. The molecule has 5 nitrogen and oxygen atoms in total. The average molecular weight is 482 g/mol. The number of carbonyl (C=O) groups excluding carboxylic acids is 1. The van der Waals surface area contributed by atoms with E-state index in [1.54, 1.807) is 30.3 Å². The van der Waals surface area contributed by atoms with E-state index in [1.165, 1.54) is 24.3 Å². The van der Waals surface area contributed by atoms with Crippen LogP contribution in [0.2, 0.25) is 0 Å². The van der Waals surface area contributed by atoms with Gasteiger partial charge in [0.1, 0.15) is 17.1 Å². The lowest BCUT2D eigenvalue weighted by atomic mass is 10.1. The predicted octanol–water partition coefficient (Wildman–Crippen LogP) is 7.00. The molecule has 0 saturated heterocycles. The quantitative estimate of drug-likeness (QED) is 0.226. The van der Waals surface area contributed by atoms with Crippen molar-refractivity contribution in [1.29, 1.82) is 0 Å². The standard InChI is InChI=1S/C27H21F3O5/c1-4-17-6-9-19(10-7-17)33-24-23(31)21-12-11-20(14-22(21)35-25(24)27(28,29)30)34-26(32)18-8-5-15(2)16(3)13-18/h5-14H,4H2,1-3H3. The molecule has 0 bridgehead atoms. The molecular formula is C27H21F3O5. The van der Waals surface area contributed by atoms with Gasteiger partial charge in [0.15, 0.2) is 0 Å². The zero-order chi connectivity index (χ0) is 25.3. The van der Waals surface area contributed by atoms with Crippen LogP contribution in [0.5, 0.6) is 17.2 Å². The minimum Gasteiger partial charge on any atom is -0.449 e. The van der Waals surface area contributed by atoms with Crippen LogP contribution in [-0.4, -0.2) is 5.97 Å². The van der Waals surface area contributed by atoms with Crippen molar-refractivity contribution in [1.82, 2.24) is 0 Å². The van der Waals surface area contributed by atoms with E-state index in [1.807, 2.05) is 20.8 Å². The molecule has 0 saturated carbocycles. The van der Waals surface area contributed by atoms with E-state index in [2.05, 4.69) is 0 Å². The Morgan fingerprint density at radius 1 is 0.914 bits per heavy atom. The van der Waals surface area contributed by atoms with E-state index in [0.717, 1.165) is 29.2 Å². The van der Waals surface area contributed by atoms with E-state index in [-0.39, 0.29) is 28.0 Å². The van der Waals surface area contributed by atoms with Crippen LogP contribution in [-0.2, 0) is 12.6 Å². The van der Waals surface area contributed by atoms with Crippen molar-refractivity contribution in [2.45, 2.75) is 33.4 Å². The van der Waals surface area contributed by atoms with Gasteiger partial charge in [-0.2, -0.15) is 13.2 Å². The zero-order valence-corrected chi connectivity index (χ0v) is 19.2. The number of hydrogen-bond acceptors (Lipinski definition) is 5. The van der Waals surface area contributed by atoms with Crippen molar-refractivity contribution in [3.05, 3.63) is 98.9 Å². The van der Waals surface area contributed by atoms with Gasteiger partial charge >= 0.3 is 12.1 Å².